The van der Waals surface area contributed by atoms with Crippen LogP contribution in [0.1, 0.15) is 15.9 Å². The standard InChI is InChI=1S/C11H10O4/c12-10(13)6-2-4-8-3-1-5-9(7-8)11(14)15/h1-3,5-7H,4H2,(H,12,13)(H,14,15)/b6-2+. The Morgan fingerprint density at radius 2 is 2.00 bits per heavy atom. The molecule has 0 aliphatic heterocycles. The lowest BCUT2D eigenvalue weighted by Gasteiger charge is -1.98. The summed E-state index contributed by atoms with van der Waals surface area (Å²) in [5.41, 5.74) is 0.976. The predicted molar refractivity (Wildman–Crippen MR) is 53.9 cm³/mol. The molecule has 0 aromatic heterocycles. The van der Waals surface area contributed by atoms with Crippen molar-refractivity contribution in [3.63, 3.8) is 0 Å². The highest BCUT2D eigenvalue weighted by Crippen LogP contribution is 2.06. The van der Waals surface area contributed by atoms with Crippen molar-refractivity contribution in [1.29, 1.82) is 0 Å². The molecule has 1 aromatic rings. The number of allylic oxidation sites excluding steroid dienone is 1. The van der Waals surface area contributed by atoms with Crippen LogP contribution in [0.2, 0.25) is 0 Å². The minimum atomic E-state index is -1.01. The highest BCUT2D eigenvalue weighted by Gasteiger charge is 2.01. The average Bonchev–Trinajstić information content (AvgIpc) is 2.17. The molecule has 0 spiro atoms. The van der Waals surface area contributed by atoms with Gasteiger partial charge in [0, 0.05) is 6.08 Å². The van der Waals surface area contributed by atoms with Gasteiger partial charge in [-0.05, 0) is 24.1 Å². The summed E-state index contributed by atoms with van der Waals surface area (Å²) in [4.78, 5) is 20.8. The molecular weight excluding hydrogens is 196 g/mol. The second kappa shape index (κ2) is 4.95. The second-order valence-electron chi connectivity index (χ2n) is 2.95. The first-order chi connectivity index (χ1) is 7.09. The van der Waals surface area contributed by atoms with Gasteiger partial charge >= 0.3 is 11.9 Å². The summed E-state index contributed by atoms with van der Waals surface area (Å²) in [7, 11) is 0. The average molecular weight is 206 g/mol. The fourth-order valence-electron chi connectivity index (χ4n) is 1.13. The molecule has 1 rings (SSSR count). The summed E-state index contributed by atoms with van der Waals surface area (Å²) in [6.45, 7) is 0. The van der Waals surface area contributed by atoms with Crippen molar-refractivity contribution in [3.05, 3.63) is 47.5 Å². The van der Waals surface area contributed by atoms with Crippen LogP contribution in [0.4, 0.5) is 0 Å². The molecule has 4 heteroatoms. The SMILES string of the molecule is O=C(O)/C=C/Cc1cccc(C(=O)O)c1. The van der Waals surface area contributed by atoms with Crippen LogP contribution in [-0.4, -0.2) is 22.2 Å². The van der Waals surface area contributed by atoms with Crippen molar-refractivity contribution in [2.24, 2.45) is 0 Å². The van der Waals surface area contributed by atoms with Crippen LogP contribution in [-0.2, 0) is 11.2 Å². The first-order valence-corrected chi connectivity index (χ1v) is 4.31. The van der Waals surface area contributed by atoms with Crippen LogP contribution in [0, 0.1) is 0 Å². The van der Waals surface area contributed by atoms with E-state index >= 15 is 0 Å². The normalized spacial score (nSPS) is 10.4. The number of benzene rings is 1. The number of hydrogen-bond donors (Lipinski definition) is 2. The van der Waals surface area contributed by atoms with E-state index in [9.17, 15) is 9.59 Å². The van der Waals surface area contributed by atoms with E-state index in [4.69, 9.17) is 10.2 Å². The monoisotopic (exact) mass is 206 g/mol. The van der Waals surface area contributed by atoms with E-state index in [1.165, 1.54) is 18.2 Å². The van der Waals surface area contributed by atoms with Crippen LogP contribution in [0.3, 0.4) is 0 Å². The van der Waals surface area contributed by atoms with Gasteiger partial charge in [-0.2, -0.15) is 0 Å². The maximum atomic E-state index is 10.6. The van der Waals surface area contributed by atoms with Gasteiger partial charge in [-0.3, -0.25) is 0 Å². The first-order valence-electron chi connectivity index (χ1n) is 4.31. The largest absolute Gasteiger partial charge is 0.478 e. The van der Waals surface area contributed by atoms with Crippen molar-refractivity contribution in [2.45, 2.75) is 6.42 Å². The van der Waals surface area contributed by atoms with Crippen LogP contribution in [0.5, 0.6) is 0 Å². The lowest BCUT2D eigenvalue weighted by Crippen LogP contribution is -1.96. The molecule has 0 saturated carbocycles. The number of aliphatic carboxylic acids is 1. The molecule has 0 bridgehead atoms. The van der Waals surface area contributed by atoms with E-state index in [2.05, 4.69) is 0 Å². The van der Waals surface area contributed by atoms with Crippen LogP contribution >= 0.6 is 0 Å². The predicted octanol–water partition coefficient (Wildman–Crippen LogP) is 1.57. The molecular formula is C11H10O4. The lowest BCUT2D eigenvalue weighted by molar-refractivity contribution is -0.131. The first kappa shape index (κ1) is 11.0. The Kier molecular flexibility index (Phi) is 3.62. The molecule has 0 saturated heterocycles. The van der Waals surface area contributed by atoms with Gasteiger partial charge < -0.3 is 10.2 Å². The van der Waals surface area contributed by atoms with Crippen LogP contribution in [0.15, 0.2) is 36.4 Å². The summed E-state index contributed by atoms with van der Waals surface area (Å²) in [5, 5.41) is 17.1. The Labute approximate surface area is 86.5 Å². The molecule has 0 unspecified atom stereocenters. The quantitative estimate of drug-likeness (QED) is 0.733. The molecule has 78 valence electrons. The lowest BCUT2D eigenvalue weighted by atomic mass is 10.1. The summed E-state index contributed by atoms with van der Waals surface area (Å²) < 4.78 is 0. The molecule has 4 nitrogen and oxygen atoms in total. The van der Waals surface area contributed by atoms with E-state index in [1.807, 2.05) is 0 Å². The van der Waals surface area contributed by atoms with Gasteiger partial charge in [-0.15, -0.1) is 0 Å². The third-order valence-corrected chi connectivity index (χ3v) is 1.79. The second-order valence-corrected chi connectivity index (χ2v) is 2.95. The molecule has 0 amide bonds. The molecule has 1 aromatic carbocycles. The molecule has 0 fully saturated rings. The van der Waals surface area contributed by atoms with Crippen molar-refractivity contribution in [1.82, 2.24) is 0 Å². The van der Waals surface area contributed by atoms with Crippen LogP contribution in [0.25, 0.3) is 0 Å². The smallest absolute Gasteiger partial charge is 0.335 e. The Morgan fingerprint density at radius 3 is 2.60 bits per heavy atom. The number of hydrogen-bond acceptors (Lipinski definition) is 2. The molecule has 0 aliphatic carbocycles. The summed E-state index contributed by atoms with van der Waals surface area (Å²) in [5.74, 6) is -2.00. The zero-order valence-corrected chi connectivity index (χ0v) is 7.88. The molecule has 0 heterocycles. The zero-order valence-electron chi connectivity index (χ0n) is 7.88. The Bertz CT molecular complexity index is 407. The maximum absolute atomic E-state index is 10.6. The Morgan fingerprint density at radius 1 is 1.27 bits per heavy atom. The van der Waals surface area contributed by atoms with Gasteiger partial charge in [0.2, 0.25) is 0 Å². The van der Waals surface area contributed by atoms with Gasteiger partial charge in [-0.1, -0.05) is 18.2 Å². The van der Waals surface area contributed by atoms with E-state index < -0.39 is 11.9 Å². The van der Waals surface area contributed by atoms with Gasteiger partial charge in [0.05, 0.1) is 5.56 Å². The van der Waals surface area contributed by atoms with Crippen LogP contribution < -0.4 is 0 Å². The molecule has 0 radical (unpaired) electrons. The van der Waals surface area contributed by atoms with Crippen molar-refractivity contribution in [3.8, 4) is 0 Å². The third-order valence-electron chi connectivity index (χ3n) is 1.79. The van der Waals surface area contributed by atoms with E-state index in [0.29, 0.717) is 6.42 Å². The van der Waals surface area contributed by atoms with Crippen molar-refractivity contribution < 1.29 is 19.8 Å². The fourth-order valence-corrected chi connectivity index (χ4v) is 1.13. The fraction of sp³-hybridized carbons (Fsp3) is 0.0909. The van der Waals surface area contributed by atoms with Crippen molar-refractivity contribution >= 4 is 11.9 Å². The van der Waals surface area contributed by atoms with E-state index in [0.717, 1.165) is 11.6 Å². The minimum absolute atomic E-state index is 0.205. The molecule has 15 heavy (non-hydrogen) atoms. The van der Waals surface area contributed by atoms with E-state index in [-0.39, 0.29) is 5.56 Å². The maximum Gasteiger partial charge on any atom is 0.335 e. The molecule has 0 atom stereocenters. The van der Waals surface area contributed by atoms with E-state index in [1.54, 1.807) is 12.1 Å². The molecule has 0 aliphatic rings. The van der Waals surface area contributed by atoms with Crippen molar-refractivity contribution in [2.75, 3.05) is 0 Å². The third kappa shape index (κ3) is 3.64. The number of aromatic carboxylic acids is 1. The highest BCUT2D eigenvalue weighted by atomic mass is 16.4. The van der Waals surface area contributed by atoms with Gasteiger partial charge in [0.1, 0.15) is 0 Å². The number of carboxylic acid groups (broad SMARTS) is 2. The van der Waals surface area contributed by atoms with Gasteiger partial charge in [0.15, 0.2) is 0 Å². The molecule has 2 N–H and O–H groups in total. The highest BCUT2D eigenvalue weighted by molar-refractivity contribution is 5.87. The Balaban J connectivity index is 2.74. The number of carbonyl (C=O) groups is 2. The summed E-state index contributed by atoms with van der Waals surface area (Å²) in [6, 6.07) is 6.40. The van der Waals surface area contributed by atoms with Gasteiger partial charge in [0.25, 0.3) is 0 Å². The van der Waals surface area contributed by atoms with Gasteiger partial charge in [-0.25, -0.2) is 9.59 Å². The number of rotatable bonds is 4. The minimum Gasteiger partial charge on any atom is -0.478 e. The zero-order chi connectivity index (χ0) is 11.3. The summed E-state index contributed by atoms with van der Waals surface area (Å²) >= 11 is 0. The number of carboxylic acids is 2. The Hall–Kier alpha value is -2.10. The topological polar surface area (TPSA) is 74.6 Å². The summed E-state index contributed by atoms with van der Waals surface area (Å²) in [6.07, 6.45) is 2.92.